The molecule has 0 aliphatic carbocycles. The van der Waals surface area contributed by atoms with Crippen molar-refractivity contribution in [2.45, 2.75) is 58.8 Å². The molecule has 0 amide bonds. The molecule has 4 N–H and O–H groups in total. The molecule has 1 unspecified atom stereocenters. The van der Waals surface area contributed by atoms with E-state index in [4.69, 9.17) is 32.7 Å². The number of hydrogen-bond acceptors (Lipinski definition) is 6. The zero-order chi connectivity index (χ0) is 25.2. The minimum absolute atomic E-state index is 0.0370. The van der Waals surface area contributed by atoms with Gasteiger partial charge in [0.2, 0.25) is 0 Å². The number of aromatic hydroxyl groups is 1. The van der Waals surface area contributed by atoms with E-state index in [0.717, 1.165) is 37.8 Å². The first-order chi connectivity index (χ1) is 16.5. The van der Waals surface area contributed by atoms with E-state index >= 15 is 0 Å². The summed E-state index contributed by atoms with van der Waals surface area (Å²) in [5.41, 5.74) is 1.89. The highest BCUT2D eigenvalue weighted by atomic mass is 35.5. The van der Waals surface area contributed by atoms with Gasteiger partial charge in [-0.25, -0.2) is 0 Å². The Hall–Kier alpha value is -1.38. The van der Waals surface area contributed by atoms with E-state index in [1.165, 1.54) is 6.07 Å². The highest BCUT2D eigenvalue weighted by molar-refractivity contribution is 6.35. The number of nitrogens with one attached hydrogen (secondary N) is 1. The molecule has 2 rings (SSSR count). The predicted octanol–water partition coefficient (Wildman–Crippen LogP) is 5.63. The number of ether oxygens (including phenoxy) is 2. The number of benzene rings is 2. The Morgan fingerprint density at radius 3 is 2.29 bits per heavy atom. The number of aliphatic hydroxyl groups is 2. The van der Waals surface area contributed by atoms with E-state index < -0.39 is 6.10 Å². The Labute approximate surface area is 213 Å². The summed E-state index contributed by atoms with van der Waals surface area (Å²) in [6, 6.07) is 10.2. The van der Waals surface area contributed by atoms with Crippen molar-refractivity contribution in [1.29, 1.82) is 0 Å². The number of hydrogen-bond donors (Lipinski definition) is 4. The van der Waals surface area contributed by atoms with Gasteiger partial charge in [0.1, 0.15) is 5.75 Å². The van der Waals surface area contributed by atoms with Gasteiger partial charge in [-0.05, 0) is 49.2 Å². The summed E-state index contributed by atoms with van der Waals surface area (Å²) in [7, 11) is 0. The Kier molecular flexibility index (Phi) is 17.0. The molecule has 192 valence electrons. The SMILES string of the molecule is CC.OCc1cc(C(O)CNCCCCCCOCCOCc2c(Cl)cccc2Cl)ccc1O. The molecule has 0 aliphatic rings. The largest absolute Gasteiger partial charge is 0.508 e. The van der Waals surface area contributed by atoms with Crippen molar-refractivity contribution in [3.05, 3.63) is 63.1 Å². The first-order valence-electron chi connectivity index (χ1n) is 11.9. The lowest BCUT2D eigenvalue weighted by molar-refractivity contribution is 0.0393. The van der Waals surface area contributed by atoms with E-state index in [1.807, 2.05) is 19.9 Å². The molecule has 0 fully saturated rings. The van der Waals surface area contributed by atoms with Crippen LogP contribution in [-0.4, -0.2) is 48.2 Å². The Balaban J connectivity index is 0.00000281. The third-order valence-corrected chi connectivity index (χ3v) is 5.78. The van der Waals surface area contributed by atoms with Crippen LogP contribution in [0.4, 0.5) is 0 Å². The lowest BCUT2D eigenvalue weighted by Crippen LogP contribution is -2.22. The zero-order valence-electron chi connectivity index (χ0n) is 20.2. The third-order valence-electron chi connectivity index (χ3n) is 5.07. The summed E-state index contributed by atoms with van der Waals surface area (Å²) in [6.07, 6.45) is 3.51. The Bertz CT molecular complexity index is 787. The zero-order valence-corrected chi connectivity index (χ0v) is 21.7. The molecule has 0 spiro atoms. The molecule has 0 aromatic heterocycles. The molecule has 0 saturated carbocycles. The van der Waals surface area contributed by atoms with Crippen LogP contribution in [0.3, 0.4) is 0 Å². The van der Waals surface area contributed by atoms with Crippen molar-refractivity contribution >= 4 is 23.2 Å². The lowest BCUT2D eigenvalue weighted by atomic mass is 10.1. The van der Waals surface area contributed by atoms with Gasteiger partial charge < -0.3 is 30.1 Å². The fourth-order valence-electron chi connectivity index (χ4n) is 3.17. The normalized spacial score (nSPS) is 11.7. The van der Waals surface area contributed by atoms with Crippen molar-refractivity contribution in [2.75, 3.05) is 32.9 Å². The second-order valence-corrected chi connectivity index (χ2v) is 8.36. The van der Waals surface area contributed by atoms with Gasteiger partial charge >= 0.3 is 0 Å². The molecular formula is C26H39Cl2NO5. The molecule has 0 heterocycles. The van der Waals surface area contributed by atoms with Crippen LogP contribution >= 0.6 is 23.2 Å². The number of aliphatic hydroxyl groups excluding tert-OH is 2. The monoisotopic (exact) mass is 515 g/mol. The van der Waals surface area contributed by atoms with Gasteiger partial charge in [-0.1, -0.05) is 62.0 Å². The second kappa shape index (κ2) is 18.9. The molecule has 0 bridgehead atoms. The predicted molar refractivity (Wildman–Crippen MR) is 139 cm³/mol. The second-order valence-electron chi connectivity index (χ2n) is 7.55. The molecular weight excluding hydrogens is 477 g/mol. The summed E-state index contributed by atoms with van der Waals surface area (Å²) in [6.45, 7) is 7.11. The van der Waals surface area contributed by atoms with Crippen LogP contribution in [0.25, 0.3) is 0 Å². The summed E-state index contributed by atoms with van der Waals surface area (Å²) < 4.78 is 11.2. The van der Waals surface area contributed by atoms with Crippen LogP contribution < -0.4 is 5.32 Å². The van der Waals surface area contributed by atoms with Crippen LogP contribution in [0.1, 0.15) is 62.3 Å². The number of unbranched alkanes of at least 4 members (excludes halogenated alkanes) is 3. The van der Waals surface area contributed by atoms with E-state index in [-0.39, 0.29) is 12.4 Å². The third kappa shape index (κ3) is 11.8. The van der Waals surface area contributed by atoms with Crippen LogP contribution in [-0.2, 0) is 22.7 Å². The molecule has 8 heteroatoms. The fraction of sp³-hybridized carbons (Fsp3) is 0.538. The van der Waals surface area contributed by atoms with Crippen molar-refractivity contribution in [1.82, 2.24) is 5.32 Å². The summed E-state index contributed by atoms with van der Waals surface area (Å²) >= 11 is 12.2. The average Bonchev–Trinajstić information content (AvgIpc) is 2.85. The maximum absolute atomic E-state index is 10.2. The van der Waals surface area contributed by atoms with Crippen LogP contribution in [0.15, 0.2) is 36.4 Å². The molecule has 0 radical (unpaired) electrons. The minimum atomic E-state index is -0.675. The van der Waals surface area contributed by atoms with Gasteiger partial charge in [0.25, 0.3) is 0 Å². The minimum Gasteiger partial charge on any atom is -0.508 e. The Morgan fingerprint density at radius 2 is 1.59 bits per heavy atom. The van der Waals surface area contributed by atoms with Crippen molar-refractivity contribution < 1.29 is 24.8 Å². The van der Waals surface area contributed by atoms with Crippen molar-refractivity contribution in [2.24, 2.45) is 0 Å². The molecule has 1 atom stereocenters. The van der Waals surface area contributed by atoms with Crippen LogP contribution in [0, 0.1) is 0 Å². The smallest absolute Gasteiger partial charge is 0.121 e. The summed E-state index contributed by atoms with van der Waals surface area (Å²) in [5, 5.41) is 33.5. The summed E-state index contributed by atoms with van der Waals surface area (Å²) in [4.78, 5) is 0. The first kappa shape index (κ1) is 30.7. The van der Waals surface area contributed by atoms with Gasteiger partial charge in [-0.15, -0.1) is 0 Å². The molecule has 0 saturated heterocycles. The van der Waals surface area contributed by atoms with E-state index in [2.05, 4.69) is 5.32 Å². The number of phenols is 1. The standard InChI is InChI=1S/C24H33Cl2NO5.C2H6/c25-21-6-5-7-22(26)20(21)17-32-13-12-31-11-4-2-1-3-10-27-15-24(30)18-8-9-23(29)19(14-18)16-28;1-2/h5-9,14,24,27-30H,1-4,10-13,15-17H2;1-2H3. The van der Waals surface area contributed by atoms with Crippen molar-refractivity contribution in [3.63, 3.8) is 0 Å². The molecule has 34 heavy (non-hydrogen) atoms. The van der Waals surface area contributed by atoms with Gasteiger partial charge in [0.05, 0.1) is 32.5 Å². The topological polar surface area (TPSA) is 91.2 Å². The molecule has 6 nitrogen and oxygen atoms in total. The van der Waals surface area contributed by atoms with Gasteiger partial charge in [0, 0.05) is 34.3 Å². The van der Waals surface area contributed by atoms with E-state index in [9.17, 15) is 15.3 Å². The molecule has 0 aliphatic heterocycles. The Morgan fingerprint density at radius 1 is 0.912 bits per heavy atom. The number of halogens is 2. The number of rotatable bonds is 16. The van der Waals surface area contributed by atoms with Gasteiger partial charge in [0.15, 0.2) is 0 Å². The van der Waals surface area contributed by atoms with Crippen LogP contribution in [0.2, 0.25) is 10.0 Å². The highest BCUT2D eigenvalue weighted by Gasteiger charge is 2.10. The maximum Gasteiger partial charge on any atom is 0.121 e. The van der Waals surface area contributed by atoms with Gasteiger partial charge in [-0.2, -0.15) is 0 Å². The molecule has 2 aromatic carbocycles. The van der Waals surface area contributed by atoms with E-state index in [0.29, 0.717) is 54.1 Å². The molecule has 2 aromatic rings. The quantitative estimate of drug-likeness (QED) is 0.216. The van der Waals surface area contributed by atoms with Crippen molar-refractivity contribution in [3.8, 4) is 5.75 Å². The lowest BCUT2D eigenvalue weighted by Gasteiger charge is -2.14. The average molecular weight is 517 g/mol. The van der Waals surface area contributed by atoms with Gasteiger partial charge in [-0.3, -0.25) is 0 Å². The van der Waals surface area contributed by atoms with Crippen LogP contribution in [0.5, 0.6) is 5.75 Å². The van der Waals surface area contributed by atoms with E-state index in [1.54, 1.807) is 24.3 Å². The highest BCUT2D eigenvalue weighted by Crippen LogP contribution is 2.25. The fourth-order valence-corrected chi connectivity index (χ4v) is 3.67. The maximum atomic E-state index is 10.2. The summed E-state index contributed by atoms with van der Waals surface area (Å²) in [5.74, 6) is 0.0370. The first-order valence-corrected chi connectivity index (χ1v) is 12.7.